The highest BCUT2D eigenvalue weighted by atomic mass is 79.9. The first kappa shape index (κ1) is 18.4. The molecular weight excluding hydrogens is 414 g/mol. The maximum absolute atomic E-state index is 12.6. The van der Waals surface area contributed by atoms with Gasteiger partial charge in [-0.25, -0.2) is 4.98 Å². The summed E-state index contributed by atoms with van der Waals surface area (Å²) in [4.78, 5) is 17.2. The molecule has 0 aliphatic carbocycles. The van der Waals surface area contributed by atoms with Crippen molar-refractivity contribution in [1.29, 1.82) is 0 Å². The summed E-state index contributed by atoms with van der Waals surface area (Å²) in [6.45, 7) is 4.52. The van der Waals surface area contributed by atoms with Gasteiger partial charge in [-0.05, 0) is 61.9 Å². The second-order valence-electron chi connectivity index (χ2n) is 6.84. The van der Waals surface area contributed by atoms with Crippen molar-refractivity contribution >= 4 is 32.9 Å². The molecule has 0 bridgehead atoms. The molecule has 4 aromatic rings. The van der Waals surface area contributed by atoms with Gasteiger partial charge in [0.2, 0.25) is 0 Å². The van der Waals surface area contributed by atoms with Gasteiger partial charge >= 0.3 is 0 Å². The lowest BCUT2D eigenvalue weighted by molar-refractivity contribution is 0.0951. The highest BCUT2D eigenvalue weighted by Crippen LogP contribution is 2.23. The number of nitrogens with zero attached hydrogens (tertiary/aromatic N) is 2. The molecule has 1 heterocycles. The fourth-order valence-corrected chi connectivity index (χ4v) is 3.51. The number of hydrogen-bond donors (Lipinski definition) is 1. The van der Waals surface area contributed by atoms with Crippen molar-refractivity contribution in [1.82, 2.24) is 14.9 Å². The Morgan fingerprint density at radius 1 is 1.00 bits per heavy atom. The van der Waals surface area contributed by atoms with E-state index in [-0.39, 0.29) is 5.91 Å². The van der Waals surface area contributed by atoms with E-state index in [1.54, 1.807) is 0 Å². The van der Waals surface area contributed by atoms with Gasteiger partial charge in [0.1, 0.15) is 5.82 Å². The molecule has 1 aromatic heterocycles. The standard InChI is InChI=1S/C23H20BrN3O/c1-15-3-5-17(6-4-15)14-25-23(28)18-7-12-22-21(13-18)26-16(2)27(22)20-10-8-19(24)9-11-20/h3-13H,14H2,1-2H3,(H,25,28). The predicted molar refractivity (Wildman–Crippen MR) is 116 cm³/mol. The third-order valence-corrected chi connectivity index (χ3v) is 5.27. The Bertz CT molecular complexity index is 1150. The van der Waals surface area contributed by atoms with Gasteiger partial charge < -0.3 is 5.32 Å². The monoisotopic (exact) mass is 433 g/mol. The summed E-state index contributed by atoms with van der Waals surface area (Å²) < 4.78 is 3.13. The first-order valence-electron chi connectivity index (χ1n) is 9.10. The minimum Gasteiger partial charge on any atom is -0.348 e. The van der Waals surface area contributed by atoms with Gasteiger partial charge in [0.15, 0.2) is 0 Å². The molecule has 0 fully saturated rings. The van der Waals surface area contributed by atoms with Gasteiger partial charge in [-0.1, -0.05) is 45.8 Å². The minimum absolute atomic E-state index is 0.0988. The van der Waals surface area contributed by atoms with Crippen LogP contribution in [0.3, 0.4) is 0 Å². The van der Waals surface area contributed by atoms with E-state index < -0.39 is 0 Å². The van der Waals surface area contributed by atoms with Crippen LogP contribution in [0.1, 0.15) is 27.3 Å². The van der Waals surface area contributed by atoms with Gasteiger partial charge in [0.05, 0.1) is 11.0 Å². The minimum atomic E-state index is -0.0988. The molecular formula is C23H20BrN3O. The Morgan fingerprint density at radius 2 is 1.71 bits per heavy atom. The smallest absolute Gasteiger partial charge is 0.251 e. The fourth-order valence-electron chi connectivity index (χ4n) is 3.25. The van der Waals surface area contributed by atoms with Crippen LogP contribution in [0, 0.1) is 13.8 Å². The van der Waals surface area contributed by atoms with Crippen LogP contribution < -0.4 is 5.32 Å². The molecule has 0 aliphatic heterocycles. The van der Waals surface area contributed by atoms with Crippen LogP contribution in [-0.2, 0) is 6.54 Å². The van der Waals surface area contributed by atoms with E-state index in [1.807, 2.05) is 80.6 Å². The molecule has 1 amide bonds. The number of hydrogen-bond acceptors (Lipinski definition) is 2. The molecule has 0 atom stereocenters. The lowest BCUT2D eigenvalue weighted by Gasteiger charge is -2.08. The lowest BCUT2D eigenvalue weighted by atomic mass is 10.1. The molecule has 28 heavy (non-hydrogen) atoms. The van der Waals surface area contributed by atoms with Crippen molar-refractivity contribution in [3.63, 3.8) is 0 Å². The van der Waals surface area contributed by atoms with E-state index >= 15 is 0 Å². The second-order valence-corrected chi connectivity index (χ2v) is 7.76. The van der Waals surface area contributed by atoms with Crippen LogP contribution in [0.5, 0.6) is 0 Å². The van der Waals surface area contributed by atoms with Gasteiger partial charge in [-0.2, -0.15) is 0 Å². The number of imidazole rings is 1. The summed E-state index contributed by atoms with van der Waals surface area (Å²) in [5.41, 5.74) is 5.73. The van der Waals surface area contributed by atoms with Crippen molar-refractivity contribution in [3.8, 4) is 5.69 Å². The number of rotatable bonds is 4. The summed E-state index contributed by atoms with van der Waals surface area (Å²) in [7, 11) is 0. The number of aryl methyl sites for hydroxylation is 2. The van der Waals surface area contributed by atoms with Crippen LogP contribution in [0.2, 0.25) is 0 Å². The first-order valence-corrected chi connectivity index (χ1v) is 9.89. The highest BCUT2D eigenvalue weighted by Gasteiger charge is 2.13. The van der Waals surface area contributed by atoms with E-state index in [1.165, 1.54) is 5.56 Å². The third-order valence-electron chi connectivity index (χ3n) is 4.74. The average Bonchev–Trinajstić information content (AvgIpc) is 3.03. The molecule has 140 valence electrons. The molecule has 0 unspecified atom stereocenters. The molecule has 0 saturated heterocycles. The lowest BCUT2D eigenvalue weighted by Crippen LogP contribution is -2.22. The number of aromatic nitrogens is 2. The molecule has 3 aromatic carbocycles. The predicted octanol–water partition coefficient (Wildman–Crippen LogP) is 5.33. The van der Waals surface area contributed by atoms with E-state index in [0.29, 0.717) is 12.1 Å². The largest absolute Gasteiger partial charge is 0.348 e. The average molecular weight is 434 g/mol. The Kier molecular flexibility index (Phi) is 5.01. The normalized spacial score (nSPS) is 11.0. The Balaban J connectivity index is 1.58. The van der Waals surface area contributed by atoms with Crippen molar-refractivity contribution in [2.45, 2.75) is 20.4 Å². The van der Waals surface area contributed by atoms with Crippen LogP contribution >= 0.6 is 15.9 Å². The Hall–Kier alpha value is -2.92. The number of carbonyl (C=O) groups excluding carboxylic acids is 1. The number of amides is 1. The van der Waals surface area contributed by atoms with Gasteiger partial charge in [0.25, 0.3) is 5.91 Å². The molecule has 4 nitrogen and oxygen atoms in total. The molecule has 5 heteroatoms. The molecule has 0 radical (unpaired) electrons. The molecule has 4 rings (SSSR count). The van der Waals surface area contributed by atoms with Crippen LogP contribution in [0.25, 0.3) is 16.7 Å². The quantitative estimate of drug-likeness (QED) is 0.472. The van der Waals surface area contributed by atoms with Crippen LogP contribution in [0.15, 0.2) is 71.2 Å². The summed E-state index contributed by atoms with van der Waals surface area (Å²) in [6, 6.07) is 21.9. The SMILES string of the molecule is Cc1ccc(CNC(=O)c2ccc3c(c2)nc(C)n3-c2ccc(Br)cc2)cc1. The van der Waals surface area contributed by atoms with Gasteiger partial charge in [-0.15, -0.1) is 0 Å². The maximum Gasteiger partial charge on any atom is 0.251 e. The number of carbonyl (C=O) groups is 1. The zero-order valence-corrected chi connectivity index (χ0v) is 17.3. The Morgan fingerprint density at radius 3 is 2.43 bits per heavy atom. The summed E-state index contributed by atoms with van der Waals surface area (Å²) in [6.07, 6.45) is 0. The zero-order chi connectivity index (χ0) is 19.7. The van der Waals surface area contributed by atoms with Crippen LogP contribution in [-0.4, -0.2) is 15.5 Å². The molecule has 0 aliphatic rings. The highest BCUT2D eigenvalue weighted by molar-refractivity contribution is 9.10. The second kappa shape index (κ2) is 7.60. The van der Waals surface area contributed by atoms with E-state index in [2.05, 4.69) is 30.8 Å². The van der Waals surface area contributed by atoms with Crippen molar-refractivity contribution in [2.24, 2.45) is 0 Å². The number of fused-ring (bicyclic) bond motifs is 1. The summed E-state index contributed by atoms with van der Waals surface area (Å²) in [5.74, 6) is 0.785. The van der Waals surface area contributed by atoms with E-state index in [0.717, 1.165) is 32.6 Å². The topological polar surface area (TPSA) is 46.9 Å². The van der Waals surface area contributed by atoms with Crippen molar-refractivity contribution < 1.29 is 4.79 Å². The number of halogens is 1. The fraction of sp³-hybridized carbons (Fsp3) is 0.130. The molecule has 0 spiro atoms. The van der Waals surface area contributed by atoms with Crippen molar-refractivity contribution in [3.05, 3.63) is 93.7 Å². The van der Waals surface area contributed by atoms with Gasteiger partial charge in [0, 0.05) is 22.3 Å². The molecule has 1 N–H and O–H groups in total. The Labute approximate surface area is 172 Å². The summed E-state index contributed by atoms with van der Waals surface area (Å²) in [5, 5.41) is 2.98. The van der Waals surface area contributed by atoms with E-state index in [4.69, 9.17) is 0 Å². The first-order chi connectivity index (χ1) is 13.5. The number of nitrogens with one attached hydrogen (secondary N) is 1. The molecule has 0 saturated carbocycles. The van der Waals surface area contributed by atoms with Crippen LogP contribution in [0.4, 0.5) is 0 Å². The number of benzene rings is 3. The third kappa shape index (κ3) is 3.71. The van der Waals surface area contributed by atoms with Crippen molar-refractivity contribution in [2.75, 3.05) is 0 Å². The van der Waals surface area contributed by atoms with Gasteiger partial charge in [-0.3, -0.25) is 9.36 Å². The van der Waals surface area contributed by atoms with E-state index in [9.17, 15) is 4.79 Å². The maximum atomic E-state index is 12.6. The summed E-state index contributed by atoms with van der Waals surface area (Å²) >= 11 is 3.47. The zero-order valence-electron chi connectivity index (χ0n) is 15.7.